The molecule has 2 nitrogen and oxygen atoms in total. The summed E-state index contributed by atoms with van der Waals surface area (Å²) in [5.74, 6) is -0.459. The van der Waals surface area contributed by atoms with E-state index in [4.69, 9.17) is 5.21 Å². The van der Waals surface area contributed by atoms with E-state index in [1.165, 1.54) is 32.0 Å². The van der Waals surface area contributed by atoms with Gasteiger partial charge in [0.2, 0.25) is 0 Å². The quantitative estimate of drug-likeness (QED) is 0.736. The second-order valence-corrected chi connectivity index (χ2v) is 3.61. The second kappa shape index (κ2) is 4.02. The summed E-state index contributed by atoms with van der Waals surface area (Å²) < 4.78 is 26.5. The molecule has 0 aromatic heterocycles. The molecule has 0 bridgehead atoms. The van der Waals surface area contributed by atoms with Crippen LogP contribution in [0.5, 0.6) is 0 Å². The van der Waals surface area contributed by atoms with Gasteiger partial charge in [0.15, 0.2) is 0 Å². The maximum absolute atomic E-state index is 13.5. The molecule has 1 aromatic carbocycles. The van der Waals surface area contributed by atoms with Gasteiger partial charge in [-0.3, -0.25) is 0 Å². The van der Waals surface area contributed by atoms with E-state index in [-0.39, 0.29) is 12.1 Å². The lowest BCUT2D eigenvalue weighted by molar-refractivity contribution is 0.159. The van der Waals surface area contributed by atoms with Crippen LogP contribution in [0.2, 0.25) is 0 Å². The van der Waals surface area contributed by atoms with Crippen molar-refractivity contribution in [2.75, 3.05) is 0 Å². The Bertz CT molecular complexity index is 320. The first-order valence-corrected chi connectivity index (χ1v) is 4.30. The summed E-state index contributed by atoms with van der Waals surface area (Å²) >= 11 is 0. The zero-order chi connectivity index (χ0) is 10.8. The van der Waals surface area contributed by atoms with Crippen molar-refractivity contribution < 1.29 is 14.0 Å². The minimum atomic E-state index is -1.50. The lowest BCUT2D eigenvalue weighted by Gasteiger charge is -2.15. The first-order valence-electron chi connectivity index (χ1n) is 4.30. The van der Waals surface area contributed by atoms with Gasteiger partial charge in [-0.05, 0) is 31.5 Å². The van der Waals surface area contributed by atoms with E-state index in [0.29, 0.717) is 5.56 Å². The number of rotatable bonds is 3. The van der Waals surface area contributed by atoms with E-state index in [1.54, 1.807) is 0 Å². The highest BCUT2D eigenvalue weighted by atomic mass is 19.1. The smallest absolute Gasteiger partial charge is 0.130 e. The topological polar surface area (TPSA) is 32.3 Å². The maximum Gasteiger partial charge on any atom is 0.130 e. The number of hydrogen-bond donors (Lipinski definition) is 2. The molecule has 0 saturated heterocycles. The molecule has 0 heterocycles. The second-order valence-electron chi connectivity index (χ2n) is 3.61. The molecule has 4 heteroatoms. The van der Waals surface area contributed by atoms with Crippen LogP contribution in [0.15, 0.2) is 18.2 Å². The van der Waals surface area contributed by atoms with Crippen LogP contribution in [0.25, 0.3) is 0 Å². The molecular formula is C10H13F2NO. The van der Waals surface area contributed by atoms with Gasteiger partial charge in [-0.1, -0.05) is 6.07 Å². The van der Waals surface area contributed by atoms with Crippen molar-refractivity contribution in [1.29, 1.82) is 0 Å². The van der Waals surface area contributed by atoms with Gasteiger partial charge in [-0.2, -0.15) is 0 Å². The Hall–Kier alpha value is -1.00. The molecule has 0 aliphatic heterocycles. The van der Waals surface area contributed by atoms with E-state index in [0.717, 1.165) is 0 Å². The highest BCUT2D eigenvalue weighted by molar-refractivity contribution is 5.28. The Kier molecular flexibility index (Phi) is 3.18. The van der Waals surface area contributed by atoms with Gasteiger partial charge in [0.1, 0.15) is 11.5 Å². The minimum absolute atomic E-state index is 0.0320. The lowest BCUT2D eigenvalue weighted by Crippen LogP contribution is -2.13. The van der Waals surface area contributed by atoms with Crippen LogP contribution in [0.3, 0.4) is 0 Å². The predicted molar refractivity (Wildman–Crippen MR) is 49.2 cm³/mol. The van der Waals surface area contributed by atoms with Gasteiger partial charge in [-0.25, -0.2) is 14.3 Å². The van der Waals surface area contributed by atoms with E-state index in [9.17, 15) is 8.78 Å². The summed E-state index contributed by atoms with van der Waals surface area (Å²) in [5.41, 5.74) is 0.978. The van der Waals surface area contributed by atoms with Crippen LogP contribution in [0.4, 0.5) is 8.78 Å². The van der Waals surface area contributed by atoms with Crippen LogP contribution >= 0.6 is 0 Å². The summed E-state index contributed by atoms with van der Waals surface area (Å²) in [7, 11) is 0. The Morgan fingerprint density at radius 3 is 2.57 bits per heavy atom. The average molecular weight is 201 g/mol. The molecule has 78 valence electrons. The number of hydrogen-bond acceptors (Lipinski definition) is 2. The third-order valence-corrected chi connectivity index (χ3v) is 2.00. The Morgan fingerprint density at radius 2 is 2.07 bits per heavy atom. The monoisotopic (exact) mass is 201 g/mol. The standard InChI is InChI=1S/C10H13F2NO/c1-10(2,12)8-3-4-9(11)7(5-8)6-13-14/h3-5,13-14H,6H2,1-2H3. The Balaban J connectivity index is 3.06. The number of halogens is 2. The summed E-state index contributed by atoms with van der Waals surface area (Å²) in [6.45, 7) is 2.77. The molecule has 2 N–H and O–H groups in total. The van der Waals surface area contributed by atoms with Gasteiger partial charge >= 0.3 is 0 Å². The van der Waals surface area contributed by atoms with E-state index in [1.807, 2.05) is 5.48 Å². The van der Waals surface area contributed by atoms with Crippen LogP contribution in [-0.2, 0) is 12.2 Å². The largest absolute Gasteiger partial charge is 0.316 e. The van der Waals surface area contributed by atoms with E-state index < -0.39 is 11.5 Å². The number of hydroxylamine groups is 1. The highest BCUT2D eigenvalue weighted by Crippen LogP contribution is 2.26. The first-order chi connectivity index (χ1) is 6.45. The van der Waals surface area contributed by atoms with Crippen molar-refractivity contribution in [3.05, 3.63) is 35.1 Å². The predicted octanol–water partition coefficient (Wildman–Crippen LogP) is 2.51. The molecular weight excluding hydrogens is 188 g/mol. The summed E-state index contributed by atoms with van der Waals surface area (Å²) in [4.78, 5) is 0. The molecule has 0 fully saturated rings. The molecule has 0 aliphatic carbocycles. The molecule has 0 spiro atoms. The lowest BCUT2D eigenvalue weighted by atomic mass is 9.98. The van der Waals surface area contributed by atoms with Crippen molar-refractivity contribution in [3.8, 4) is 0 Å². The summed E-state index contributed by atoms with van der Waals surface area (Å²) in [6, 6.07) is 4.00. The normalized spacial score (nSPS) is 11.8. The fourth-order valence-electron chi connectivity index (χ4n) is 1.17. The SMILES string of the molecule is CC(C)(F)c1ccc(F)c(CNO)c1. The zero-order valence-corrected chi connectivity index (χ0v) is 8.14. The van der Waals surface area contributed by atoms with Crippen LogP contribution in [0.1, 0.15) is 25.0 Å². The van der Waals surface area contributed by atoms with Gasteiger partial charge in [0, 0.05) is 12.1 Å². The Morgan fingerprint density at radius 1 is 1.43 bits per heavy atom. The van der Waals surface area contributed by atoms with Gasteiger partial charge in [0.25, 0.3) is 0 Å². The molecule has 1 rings (SSSR count). The molecule has 0 aliphatic rings. The van der Waals surface area contributed by atoms with Crippen LogP contribution in [-0.4, -0.2) is 5.21 Å². The number of alkyl halides is 1. The molecule has 0 saturated carbocycles. The van der Waals surface area contributed by atoms with Crippen LogP contribution < -0.4 is 5.48 Å². The summed E-state index contributed by atoms with van der Waals surface area (Å²) in [5, 5.41) is 8.43. The third-order valence-electron chi connectivity index (χ3n) is 2.00. The van der Waals surface area contributed by atoms with E-state index >= 15 is 0 Å². The summed E-state index contributed by atoms with van der Waals surface area (Å²) in [6.07, 6.45) is 0. The fraction of sp³-hybridized carbons (Fsp3) is 0.400. The van der Waals surface area contributed by atoms with Gasteiger partial charge < -0.3 is 5.21 Å². The third kappa shape index (κ3) is 2.49. The van der Waals surface area contributed by atoms with Crippen LogP contribution in [0, 0.1) is 5.82 Å². The molecule has 0 amide bonds. The van der Waals surface area contributed by atoms with E-state index in [2.05, 4.69) is 0 Å². The zero-order valence-electron chi connectivity index (χ0n) is 8.14. The first kappa shape index (κ1) is 11.1. The van der Waals surface area contributed by atoms with Crippen molar-refractivity contribution in [2.24, 2.45) is 0 Å². The molecule has 1 aromatic rings. The number of benzene rings is 1. The molecule has 14 heavy (non-hydrogen) atoms. The number of nitrogens with one attached hydrogen (secondary N) is 1. The van der Waals surface area contributed by atoms with Crippen molar-refractivity contribution >= 4 is 0 Å². The average Bonchev–Trinajstić information content (AvgIpc) is 2.07. The molecule has 0 radical (unpaired) electrons. The van der Waals surface area contributed by atoms with Crippen molar-refractivity contribution in [1.82, 2.24) is 5.48 Å². The highest BCUT2D eigenvalue weighted by Gasteiger charge is 2.19. The maximum atomic E-state index is 13.5. The minimum Gasteiger partial charge on any atom is -0.316 e. The molecule has 0 atom stereocenters. The van der Waals surface area contributed by atoms with Crippen molar-refractivity contribution in [2.45, 2.75) is 26.1 Å². The fourth-order valence-corrected chi connectivity index (χ4v) is 1.17. The van der Waals surface area contributed by atoms with Gasteiger partial charge in [-0.15, -0.1) is 0 Å². The Labute approximate surface area is 81.5 Å². The van der Waals surface area contributed by atoms with Crippen molar-refractivity contribution in [3.63, 3.8) is 0 Å². The molecule has 0 unspecified atom stereocenters. The van der Waals surface area contributed by atoms with Gasteiger partial charge in [0.05, 0.1) is 0 Å².